The molecule has 0 aliphatic heterocycles. The molecule has 0 heterocycles. The van der Waals surface area contributed by atoms with E-state index in [9.17, 15) is 0 Å². The highest BCUT2D eigenvalue weighted by Gasteiger charge is 2.09. The van der Waals surface area contributed by atoms with E-state index < -0.39 is 0 Å². The van der Waals surface area contributed by atoms with Gasteiger partial charge in [-0.15, -0.1) is 0 Å². The second-order valence-corrected chi connectivity index (χ2v) is 5.31. The molecule has 0 aromatic heterocycles. The average molecular weight is 206 g/mol. The first-order valence-corrected chi connectivity index (χ1v) is 5.39. The molecule has 0 amide bonds. The molecule has 0 saturated carbocycles. The smallest absolute Gasteiger partial charge is 0.0347 e. The summed E-state index contributed by atoms with van der Waals surface area (Å²) in [4.78, 5) is 2.18. The summed E-state index contributed by atoms with van der Waals surface area (Å²) in [5, 5.41) is 3.48. The van der Waals surface area contributed by atoms with Gasteiger partial charge < -0.3 is 10.2 Å². The van der Waals surface area contributed by atoms with Crippen LogP contribution in [0.3, 0.4) is 0 Å². The van der Waals surface area contributed by atoms with Crippen molar-refractivity contribution >= 4 is 5.69 Å². The molecule has 0 bridgehead atoms. The average Bonchev–Trinajstić information content (AvgIpc) is 1.99. The molecule has 0 radical (unpaired) electrons. The van der Waals surface area contributed by atoms with Crippen LogP contribution in [0.25, 0.3) is 0 Å². The van der Waals surface area contributed by atoms with Gasteiger partial charge in [0.15, 0.2) is 0 Å². The molecule has 0 unspecified atom stereocenters. The highest BCUT2D eigenvalue weighted by atomic mass is 15.0. The van der Waals surface area contributed by atoms with E-state index in [1.165, 1.54) is 11.3 Å². The number of nitrogens with one attached hydrogen (secondary N) is 1. The molecule has 15 heavy (non-hydrogen) atoms. The highest BCUT2D eigenvalue weighted by molar-refractivity contribution is 5.47. The van der Waals surface area contributed by atoms with Crippen molar-refractivity contribution in [2.75, 3.05) is 19.4 Å². The van der Waals surface area contributed by atoms with E-state index in [4.69, 9.17) is 0 Å². The molecule has 1 aromatic carbocycles. The summed E-state index contributed by atoms with van der Waals surface area (Å²) in [5.74, 6) is 0. The van der Waals surface area contributed by atoms with Crippen LogP contribution < -0.4 is 5.32 Å². The zero-order valence-corrected chi connectivity index (χ0v) is 10.5. The van der Waals surface area contributed by atoms with Gasteiger partial charge >= 0.3 is 0 Å². The van der Waals surface area contributed by atoms with E-state index in [2.05, 4.69) is 69.3 Å². The second kappa shape index (κ2) is 4.67. The van der Waals surface area contributed by atoms with Crippen LogP contribution in [0.5, 0.6) is 0 Å². The normalized spacial score (nSPS) is 11.9. The Balaban J connectivity index is 2.74. The van der Waals surface area contributed by atoms with Crippen LogP contribution in [0, 0.1) is 0 Å². The van der Waals surface area contributed by atoms with Crippen LogP contribution >= 0.6 is 0 Å². The van der Waals surface area contributed by atoms with Gasteiger partial charge in [0.05, 0.1) is 0 Å². The van der Waals surface area contributed by atoms with Crippen LogP contribution in [0.4, 0.5) is 5.69 Å². The fraction of sp³-hybridized carbons (Fsp3) is 0.538. The Bertz CT molecular complexity index is 311. The zero-order chi connectivity index (χ0) is 11.5. The van der Waals surface area contributed by atoms with E-state index in [0.29, 0.717) is 0 Å². The molecule has 0 saturated heterocycles. The van der Waals surface area contributed by atoms with Crippen molar-refractivity contribution in [2.24, 2.45) is 0 Å². The number of hydrogen-bond acceptors (Lipinski definition) is 2. The van der Waals surface area contributed by atoms with Gasteiger partial charge in [-0.1, -0.05) is 12.1 Å². The minimum absolute atomic E-state index is 0.122. The van der Waals surface area contributed by atoms with Crippen LogP contribution in [0.15, 0.2) is 24.3 Å². The van der Waals surface area contributed by atoms with Crippen LogP contribution in [-0.4, -0.2) is 24.5 Å². The van der Waals surface area contributed by atoms with Gasteiger partial charge in [-0.05, 0) is 52.6 Å². The quantitative estimate of drug-likeness (QED) is 0.818. The van der Waals surface area contributed by atoms with E-state index in [1.807, 2.05) is 0 Å². The lowest BCUT2D eigenvalue weighted by Crippen LogP contribution is -2.26. The maximum absolute atomic E-state index is 3.48. The third-order valence-electron chi connectivity index (χ3n) is 1.95. The molecule has 84 valence electrons. The summed E-state index contributed by atoms with van der Waals surface area (Å²) in [6, 6.07) is 8.59. The molecular formula is C13H22N2. The summed E-state index contributed by atoms with van der Waals surface area (Å²) in [7, 11) is 4.17. The lowest BCUT2D eigenvalue weighted by molar-refractivity contribution is 0.402. The van der Waals surface area contributed by atoms with Crippen molar-refractivity contribution in [3.05, 3.63) is 29.8 Å². The molecule has 1 aromatic rings. The van der Waals surface area contributed by atoms with Crippen molar-refractivity contribution in [2.45, 2.75) is 32.9 Å². The SMILES string of the molecule is CN(C)Cc1cccc(NC(C)(C)C)c1. The third-order valence-corrected chi connectivity index (χ3v) is 1.95. The van der Waals surface area contributed by atoms with Crippen LogP contribution in [0.1, 0.15) is 26.3 Å². The van der Waals surface area contributed by atoms with Gasteiger partial charge in [0.2, 0.25) is 0 Å². The number of hydrogen-bond donors (Lipinski definition) is 1. The van der Waals surface area contributed by atoms with E-state index in [1.54, 1.807) is 0 Å². The van der Waals surface area contributed by atoms with Crippen molar-refractivity contribution in [1.29, 1.82) is 0 Å². The summed E-state index contributed by atoms with van der Waals surface area (Å²) < 4.78 is 0. The topological polar surface area (TPSA) is 15.3 Å². The highest BCUT2D eigenvalue weighted by Crippen LogP contribution is 2.16. The predicted octanol–water partition coefficient (Wildman–Crippen LogP) is 2.96. The van der Waals surface area contributed by atoms with Crippen molar-refractivity contribution in [3.8, 4) is 0 Å². The largest absolute Gasteiger partial charge is 0.380 e. The lowest BCUT2D eigenvalue weighted by Gasteiger charge is -2.22. The Morgan fingerprint density at radius 1 is 1.20 bits per heavy atom. The predicted molar refractivity (Wildman–Crippen MR) is 67.2 cm³/mol. The first-order chi connectivity index (χ1) is 6.87. The Morgan fingerprint density at radius 2 is 1.87 bits per heavy atom. The molecule has 1 rings (SSSR count). The molecule has 0 fully saturated rings. The number of anilines is 1. The summed E-state index contributed by atoms with van der Waals surface area (Å²) in [6.45, 7) is 7.50. The third kappa shape index (κ3) is 4.84. The second-order valence-electron chi connectivity index (χ2n) is 5.31. The maximum atomic E-state index is 3.48. The van der Waals surface area contributed by atoms with Gasteiger partial charge in [-0.3, -0.25) is 0 Å². The molecule has 0 atom stereocenters. The van der Waals surface area contributed by atoms with Crippen molar-refractivity contribution < 1.29 is 0 Å². The Kier molecular flexibility index (Phi) is 3.75. The van der Waals surface area contributed by atoms with E-state index in [0.717, 1.165) is 6.54 Å². The minimum Gasteiger partial charge on any atom is -0.380 e. The number of rotatable bonds is 3. The molecule has 2 nitrogen and oxygen atoms in total. The fourth-order valence-corrected chi connectivity index (χ4v) is 1.55. The summed E-state index contributed by atoms with van der Waals surface area (Å²) in [6.07, 6.45) is 0. The van der Waals surface area contributed by atoms with E-state index in [-0.39, 0.29) is 5.54 Å². The zero-order valence-electron chi connectivity index (χ0n) is 10.5. The Morgan fingerprint density at radius 3 is 2.40 bits per heavy atom. The Hall–Kier alpha value is -1.02. The van der Waals surface area contributed by atoms with Crippen molar-refractivity contribution in [3.63, 3.8) is 0 Å². The first-order valence-electron chi connectivity index (χ1n) is 5.39. The standard InChI is InChI=1S/C13H22N2/c1-13(2,3)14-12-8-6-7-11(9-12)10-15(4)5/h6-9,14H,10H2,1-5H3. The van der Waals surface area contributed by atoms with Crippen molar-refractivity contribution in [1.82, 2.24) is 4.90 Å². The van der Waals surface area contributed by atoms with Gasteiger partial charge in [-0.2, -0.15) is 0 Å². The van der Waals surface area contributed by atoms with Gasteiger partial charge in [0.1, 0.15) is 0 Å². The van der Waals surface area contributed by atoms with E-state index >= 15 is 0 Å². The molecule has 1 N–H and O–H groups in total. The van der Waals surface area contributed by atoms with Gasteiger partial charge in [-0.25, -0.2) is 0 Å². The summed E-state index contributed by atoms with van der Waals surface area (Å²) >= 11 is 0. The fourth-order valence-electron chi connectivity index (χ4n) is 1.55. The summed E-state index contributed by atoms with van der Waals surface area (Å²) in [5.41, 5.74) is 2.66. The van der Waals surface area contributed by atoms with Crippen LogP contribution in [-0.2, 0) is 6.54 Å². The van der Waals surface area contributed by atoms with Crippen LogP contribution in [0.2, 0.25) is 0 Å². The molecule has 2 heteroatoms. The van der Waals surface area contributed by atoms with Gasteiger partial charge in [0, 0.05) is 17.8 Å². The molecule has 0 aliphatic rings. The van der Waals surface area contributed by atoms with Gasteiger partial charge in [0.25, 0.3) is 0 Å². The number of nitrogens with zero attached hydrogens (tertiary/aromatic N) is 1. The molecule has 0 spiro atoms. The molecule has 0 aliphatic carbocycles. The first kappa shape index (κ1) is 12.1. The Labute approximate surface area is 93.3 Å². The monoisotopic (exact) mass is 206 g/mol. The minimum atomic E-state index is 0.122. The number of benzene rings is 1. The lowest BCUT2D eigenvalue weighted by atomic mass is 10.1. The maximum Gasteiger partial charge on any atom is 0.0347 e. The molecular weight excluding hydrogens is 184 g/mol.